The molecule has 1 aromatic heterocycles. The second-order valence-corrected chi connectivity index (χ2v) is 3.20. The van der Waals surface area contributed by atoms with E-state index in [0.717, 1.165) is 25.2 Å². The smallest absolute Gasteiger partial charge is 0.212 e. The van der Waals surface area contributed by atoms with Gasteiger partial charge in [0.15, 0.2) is 0 Å². The van der Waals surface area contributed by atoms with Gasteiger partial charge in [-0.15, -0.1) is 0 Å². The third-order valence-corrected chi connectivity index (χ3v) is 2.16. The predicted octanol–water partition coefficient (Wildman–Crippen LogP) is 0.995. The van der Waals surface area contributed by atoms with Gasteiger partial charge in [-0.05, 0) is 25.1 Å². The van der Waals surface area contributed by atoms with Gasteiger partial charge in [0.05, 0.1) is 11.9 Å². The van der Waals surface area contributed by atoms with Crippen LogP contribution in [0, 0.1) is 5.95 Å². The summed E-state index contributed by atoms with van der Waals surface area (Å²) < 4.78 is 12.4. The summed E-state index contributed by atoms with van der Waals surface area (Å²) in [6, 6.07) is 3.53. The monoisotopic (exact) mass is 181 g/mol. The van der Waals surface area contributed by atoms with Gasteiger partial charge in [-0.1, -0.05) is 0 Å². The van der Waals surface area contributed by atoms with Gasteiger partial charge in [-0.2, -0.15) is 4.39 Å². The van der Waals surface area contributed by atoms with Gasteiger partial charge in [-0.3, -0.25) is 0 Å². The Bertz CT molecular complexity index is 267. The topological polar surface area (TPSA) is 37.0 Å². The van der Waals surface area contributed by atoms with Gasteiger partial charge in [0.1, 0.15) is 0 Å². The van der Waals surface area contributed by atoms with E-state index >= 15 is 0 Å². The molecule has 0 aromatic carbocycles. The fourth-order valence-electron chi connectivity index (χ4n) is 1.47. The van der Waals surface area contributed by atoms with Crippen molar-refractivity contribution < 1.29 is 4.39 Å². The van der Waals surface area contributed by atoms with E-state index in [1.165, 1.54) is 12.3 Å². The van der Waals surface area contributed by atoms with Crippen molar-refractivity contribution >= 4 is 5.69 Å². The minimum Gasteiger partial charge on any atom is -0.380 e. The van der Waals surface area contributed by atoms with Gasteiger partial charge >= 0.3 is 0 Å². The first-order valence-corrected chi connectivity index (χ1v) is 4.43. The van der Waals surface area contributed by atoms with Crippen LogP contribution in [0.3, 0.4) is 0 Å². The molecule has 13 heavy (non-hydrogen) atoms. The van der Waals surface area contributed by atoms with Crippen LogP contribution < -0.4 is 10.6 Å². The third-order valence-electron chi connectivity index (χ3n) is 2.16. The lowest BCUT2D eigenvalue weighted by Gasteiger charge is -2.11. The van der Waals surface area contributed by atoms with Crippen LogP contribution in [0.1, 0.15) is 6.42 Å². The third kappa shape index (κ3) is 2.15. The number of hydrogen-bond acceptors (Lipinski definition) is 3. The summed E-state index contributed by atoms with van der Waals surface area (Å²) in [5, 5.41) is 6.52. The molecular weight excluding hydrogens is 169 g/mol. The molecule has 4 heteroatoms. The Morgan fingerprint density at radius 3 is 3.08 bits per heavy atom. The Hall–Kier alpha value is -1.16. The summed E-state index contributed by atoms with van der Waals surface area (Å²) in [5.74, 6) is -0.435. The molecule has 70 valence electrons. The second-order valence-electron chi connectivity index (χ2n) is 3.20. The Kier molecular flexibility index (Phi) is 2.40. The van der Waals surface area contributed by atoms with E-state index < -0.39 is 5.95 Å². The molecule has 0 unspecified atom stereocenters. The van der Waals surface area contributed by atoms with Gasteiger partial charge in [0.2, 0.25) is 5.95 Å². The maximum atomic E-state index is 12.4. The highest BCUT2D eigenvalue weighted by atomic mass is 19.1. The predicted molar refractivity (Wildman–Crippen MR) is 49.1 cm³/mol. The molecule has 1 fully saturated rings. The summed E-state index contributed by atoms with van der Waals surface area (Å²) in [5.41, 5.74) is 0.884. The highest BCUT2D eigenvalue weighted by Crippen LogP contribution is 2.10. The molecule has 2 N–H and O–H groups in total. The van der Waals surface area contributed by atoms with Gasteiger partial charge in [0.25, 0.3) is 0 Å². The Balaban J connectivity index is 1.97. The molecule has 2 heterocycles. The molecule has 1 aromatic rings. The molecule has 3 nitrogen and oxygen atoms in total. The van der Waals surface area contributed by atoms with E-state index in [0.29, 0.717) is 6.04 Å². The molecular formula is C9H12FN3. The average molecular weight is 181 g/mol. The van der Waals surface area contributed by atoms with Crippen LogP contribution in [0.25, 0.3) is 0 Å². The van der Waals surface area contributed by atoms with E-state index in [4.69, 9.17) is 0 Å². The van der Waals surface area contributed by atoms with Crippen molar-refractivity contribution in [3.05, 3.63) is 24.3 Å². The highest BCUT2D eigenvalue weighted by molar-refractivity contribution is 5.41. The normalized spacial score (nSPS) is 21.8. The lowest BCUT2D eigenvalue weighted by Crippen LogP contribution is -2.22. The molecule has 0 aliphatic carbocycles. The van der Waals surface area contributed by atoms with Crippen LogP contribution in [0.5, 0.6) is 0 Å². The lowest BCUT2D eigenvalue weighted by molar-refractivity contribution is 0.584. The molecule has 0 radical (unpaired) electrons. The molecule has 1 saturated heterocycles. The summed E-state index contributed by atoms with van der Waals surface area (Å²) in [4.78, 5) is 3.57. The van der Waals surface area contributed by atoms with E-state index in [1.54, 1.807) is 6.07 Å². The van der Waals surface area contributed by atoms with Crippen molar-refractivity contribution in [2.45, 2.75) is 12.5 Å². The zero-order valence-electron chi connectivity index (χ0n) is 7.26. The van der Waals surface area contributed by atoms with Crippen molar-refractivity contribution in [3.63, 3.8) is 0 Å². The first-order chi connectivity index (χ1) is 6.34. The number of rotatable bonds is 2. The summed E-state index contributed by atoms with van der Waals surface area (Å²) in [7, 11) is 0. The van der Waals surface area contributed by atoms with Gasteiger partial charge < -0.3 is 10.6 Å². The molecule has 1 aliphatic heterocycles. The molecule has 0 saturated carbocycles. The van der Waals surface area contributed by atoms with Crippen molar-refractivity contribution in [3.8, 4) is 0 Å². The summed E-state index contributed by atoms with van der Waals surface area (Å²) in [6.07, 6.45) is 2.63. The zero-order valence-corrected chi connectivity index (χ0v) is 7.26. The summed E-state index contributed by atoms with van der Waals surface area (Å²) >= 11 is 0. The lowest BCUT2D eigenvalue weighted by atomic mass is 10.2. The first-order valence-electron chi connectivity index (χ1n) is 4.43. The number of nitrogens with zero attached hydrogens (tertiary/aromatic N) is 1. The average Bonchev–Trinajstić information content (AvgIpc) is 2.62. The van der Waals surface area contributed by atoms with E-state index in [9.17, 15) is 4.39 Å². The van der Waals surface area contributed by atoms with Crippen LogP contribution in [0.15, 0.2) is 18.3 Å². The van der Waals surface area contributed by atoms with Crippen LogP contribution in [0.4, 0.5) is 10.1 Å². The number of nitrogens with one attached hydrogen (secondary N) is 2. The maximum Gasteiger partial charge on any atom is 0.212 e. The number of halogens is 1. The van der Waals surface area contributed by atoms with Crippen LogP contribution >= 0.6 is 0 Å². The van der Waals surface area contributed by atoms with E-state index in [1.807, 2.05) is 0 Å². The largest absolute Gasteiger partial charge is 0.380 e. The molecule has 2 rings (SSSR count). The fraction of sp³-hybridized carbons (Fsp3) is 0.444. The Morgan fingerprint density at radius 2 is 2.46 bits per heavy atom. The molecule has 0 spiro atoms. The molecule has 1 atom stereocenters. The quantitative estimate of drug-likeness (QED) is 0.668. The standard InChI is InChI=1S/C9H12FN3/c10-9-2-1-7(6-12-9)13-8-3-4-11-5-8/h1-2,6,8,11,13H,3-5H2/t8-/m0/s1. The van der Waals surface area contributed by atoms with E-state index in [2.05, 4.69) is 15.6 Å². The van der Waals surface area contributed by atoms with Gasteiger partial charge in [-0.25, -0.2) is 4.98 Å². The SMILES string of the molecule is Fc1ccc(N[C@H]2CCNC2)cn1. The number of hydrogen-bond donors (Lipinski definition) is 2. The van der Waals surface area contributed by atoms with Crippen LogP contribution in [0.2, 0.25) is 0 Å². The van der Waals surface area contributed by atoms with Crippen LogP contribution in [-0.2, 0) is 0 Å². The molecule has 0 amide bonds. The van der Waals surface area contributed by atoms with Crippen LogP contribution in [-0.4, -0.2) is 24.1 Å². The molecule has 0 bridgehead atoms. The van der Waals surface area contributed by atoms with Crippen molar-refractivity contribution in [1.82, 2.24) is 10.3 Å². The van der Waals surface area contributed by atoms with E-state index in [-0.39, 0.29) is 0 Å². The number of anilines is 1. The minimum atomic E-state index is -0.435. The van der Waals surface area contributed by atoms with Crippen molar-refractivity contribution in [2.75, 3.05) is 18.4 Å². The summed E-state index contributed by atoms with van der Waals surface area (Å²) in [6.45, 7) is 2.02. The van der Waals surface area contributed by atoms with Gasteiger partial charge in [0, 0.05) is 12.6 Å². The highest BCUT2D eigenvalue weighted by Gasteiger charge is 2.13. The number of aromatic nitrogens is 1. The fourth-order valence-corrected chi connectivity index (χ4v) is 1.47. The minimum absolute atomic E-state index is 0.435. The maximum absolute atomic E-state index is 12.4. The number of pyridine rings is 1. The zero-order chi connectivity index (χ0) is 9.10. The van der Waals surface area contributed by atoms with Crippen molar-refractivity contribution in [1.29, 1.82) is 0 Å². The molecule has 1 aliphatic rings. The van der Waals surface area contributed by atoms with Crippen molar-refractivity contribution in [2.24, 2.45) is 0 Å². The first kappa shape index (κ1) is 8.44. The Labute approximate surface area is 76.4 Å². The second kappa shape index (κ2) is 3.70. The Morgan fingerprint density at radius 1 is 1.54 bits per heavy atom.